The van der Waals surface area contributed by atoms with Crippen LogP contribution >= 0.6 is 31.9 Å². The lowest BCUT2D eigenvalue weighted by Crippen LogP contribution is -2.29. The van der Waals surface area contributed by atoms with Crippen molar-refractivity contribution >= 4 is 43.7 Å². The Morgan fingerprint density at radius 1 is 1.37 bits per heavy atom. The molecule has 0 aliphatic rings. The van der Waals surface area contributed by atoms with Gasteiger partial charge in [-0.15, -0.1) is 0 Å². The maximum atomic E-state index is 11.4. The average Bonchev–Trinajstić information content (AvgIpc) is 2.33. The number of carbonyl (C=O) groups excluding carboxylic acids is 1. The van der Waals surface area contributed by atoms with Crippen LogP contribution in [0.5, 0.6) is 5.75 Å². The molecule has 0 saturated carbocycles. The van der Waals surface area contributed by atoms with Gasteiger partial charge in [-0.25, -0.2) is 4.79 Å². The molecule has 7 heteroatoms. The van der Waals surface area contributed by atoms with Crippen LogP contribution in [-0.2, 0) is 9.59 Å². The SMILES string of the molecule is O=C(O)/C=C/CNC(=O)COc1ccc(Br)cc1Br. The molecule has 0 heterocycles. The van der Waals surface area contributed by atoms with Crippen LogP contribution in [0.1, 0.15) is 0 Å². The van der Waals surface area contributed by atoms with Crippen LogP contribution in [-0.4, -0.2) is 30.1 Å². The van der Waals surface area contributed by atoms with Crippen LogP contribution in [0, 0.1) is 0 Å². The van der Waals surface area contributed by atoms with Crippen molar-refractivity contribution in [3.8, 4) is 5.75 Å². The number of rotatable bonds is 6. The van der Waals surface area contributed by atoms with E-state index in [4.69, 9.17) is 9.84 Å². The lowest BCUT2D eigenvalue weighted by molar-refractivity contribution is -0.131. The topological polar surface area (TPSA) is 75.6 Å². The van der Waals surface area contributed by atoms with Crippen molar-refractivity contribution in [3.05, 3.63) is 39.3 Å². The molecule has 0 atom stereocenters. The van der Waals surface area contributed by atoms with Gasteiger partial charge in [-0.3, -0.25) is 4.79 Å². The van der Waals surface area contributed by atoms with Gasteiger partial charge in [0.05, 0.1) is 4.47 Å². The van der Waals surface area contributed by atoms with Gasteiger partial charge in [0, 0.05) is 17.1 Å². The van der Waals surface area contributed by atoms with Gasteiger partial charge in [0.2, 0.25) is 0 Å². The highest BCUT2D eigenvalue weighted by molar-refractivity contribution is 9.11. The Morgan fingerprint density at radius 3 is 2.74 bits per heavy atom. The van der Waals surface area contributed by atoms with E-state index in [1.165, 1.54) is 6.08 Å². The number of amides is 1. The summed E-state index contributed by atoms with van der Waals surface area (Å²) < 4.78 is 6.95. The zero-order chi connectivity index (χ0) is 14.3. The van der Waals surface area contributed by atoms with Gasteiger partial charge in [-0.2, -0.15) is 0 Å². The molecule has 0 radical (unpaired) electrons. The Hall–Kier alpha value is -1.34. The summed E-state index contributed by atoms with van der Waals surface area (Å²) in [4.78, 5) is 21.6. The highest BCUT2D eigenvalue weighted by Gasteiger charge is 2.05. The van der Waals surface area contributed by atoms with Gasteiger partial charge in [-0.05, 0) is 34.1 Å². The largest absolute Gasteiger partial charge is 0.483 e. The summed E-state index contributed by atoms with van der Waals surface area (Å²) >= 11 is 6.62. The third-order valence-corrected chi connectivity index (χ3v) is 3.04. The van der Waals surface area contributed by atoms with Crippen LogP contribution in [0.3, 0.4) is 0 Å². The molecule has 1 aromatic rings. The minimum Gasteiger partial charge on any atom is -0.483 e. The van der Waals surface area contributed by atoms with Gasteiger partial charge in [0.1, 0.15) is 5.75 Å². The van der Waals surface area contributed by atoms with Gasteiger partial charge in [-0.1, -0.05) is 22.0 Å². The zero-order valence-electron chi connectivity index (χ0n) is 9.73. The summed E-state index contributed by atoms with van der Waals surface area (Å²) in [6.07, 6.45) is 2.31. The smallest absolute Gasteiger partial charge is 0.328 e. The van der Waals surface area contributed by atoms with Crippen LogP contribution in [0.4, 0.5) is 0 Å². The lowest BCUT2D eigenvalue weighted by atomic mass is 10.3. The number of carboxylic acid groups (broad SMARTS) is 1. The molecule has 1 aromatic carbocycles. The molecule has 1 rings (SSSR count). The third-order valence-electron chi connectivity index (χ3n) is 1.93. The molecule has 102 valence electrons. The molecule has 2 N–H and O–H groups in total. The Labute approximate surface area is 126 Å². The lowest BCUT2D eigenvalue weighted by Gasteiger charge is -2.08. The Bertz CT molecular complexity index is 503. The number of hydrogen-bond donors (Lipinski definition) is 2. The number of hydrogen-bond acceptors (Lipinski definition) is 3. The van der Waals surface area contributed by atoms with Crippen molar-refractivity contribution in [1.82, 2.24) is 5.32 Å². The van der Waals surface area contributed by atoms with E-state index in [0.717, 1.165) is 15.0 Å². The van der Waals surface area contributed by atoms with Crippen LogP contribution < -0.4 is 10.1 Å². The molecule has 0 bridgehead atoms. The summed E-state index contributed by atoms with van der Waals surface area (Å²) in [7, 11) is 0. The maximum absolute atomic E-state index is 11.4. The van der Waals surface area contributed by atoms with Crippen molar-refractivity contribution in [2.75, 3.05) is 13.2 Å². The quantitative estimate of drug-likeness (QED) is 0.728. The van der Waals surface area contributed by atoms with Crippen LogP contribution in [0.25, 0.3) is 0 Å². The van der Waals surface area contributed by atoms with E-state index in [-0.39, 0.29) is 19.1 Å². The first-order valence-corrected chi connectivity index (χ1v) is 6.81. The minimum absolute atomic E-state index is 0.138. The second-order valence-corrected chi connectivity index (χ2v) is 5.18. The average molecular weight is 393 g/mol. The van der Waals surface area contributed by atoms with Crippen molar-refractivity contribution in [2.45, 2.75) is 0 Å². The number of nitrogens with one attached hydrogen (secondary N) is 1. The molecular weight excluding hydrogens is 382 g/mol. The first-order valence-electron chi connectivity index (χ1n) is 5.23. The zero-order valence-corrected chi connectivity index (χ0v) is 12.9. The van der Waals surface area contributed by atoms with E-state index in [9.17, 15) is 9.59 Å². The summed E-state index contributed by atoms with van der Waals surface area (Å²) in [5.41, 5.74) is 0. The van der Waals surface area contributed by atoms with Gasteiger partial charge >= 0.3 is 5.97 Å². The molecule has 0 aliphatic carbocycles. The Morgan fingerprint density at radius 2 is 2.11 bits per heavy atom. The second-order valence-electron chi connectivity index (χ2n) is 3.41. The van der Waals surface area contributed by atoms with Crippen molar-refractivity contribution in [1.29, 1.82) is 0 Å². The minimum atomic E-state index is -1.05. The predicted molar refractivity (Wildman–Crippen MR) is 77.1 cm³/mol. The Balaban J connectivity index is 2.36. The van der Waals surface area contributed by atoms with Gasteiger partial charge in [0.25, 0.3) is 5.91 Å². The van der Waals surface area contributed by atoms with Gasteiger partial charge in [0.15, 0.2) is 6.61 Å². The first kappa shape index (κ1) is 15.7. The summed E-state index contributed by atoms with van der Waals surface area (Å²) in [6, 6.07) is 5.34. The fourth-order valence-electron chi connectivity index (χ4n) is 1.12. The van der Waals surface area contributed by atoms with Crippen LogP contribution in [0.2, 0.25) is 0 Å². The maximum Gasteiger partial charge on any atom is 0.328 e. The van der Waals surface area contributed by atoms with E-state index in [0.29, 0.717) is 5.75 Å². The van der Waals surface area contributed by atoms with E-state index in [1.807, 2.05) is 6.07 Å². The monoisotopic (exact) mass is 391 g/mol. The second kappa shape index (κ2) is 7.96. The molecule has 0 aliphatic heterocycles. The van der Waals surface area contributed by atoms with Crippen LogP contribution in [0.15, 0.2) is 39.3 Å². The summed E-state index contributed by atoms with van der Waals surface area (Å²) in [5, 5.41) is 10.9. The molecule has 0 unspecified atom stereocenters. The number of ether oxygens (including phenoxy) is 1. The van der Waals surface area contributed by atoms with Crippen molar-refractivity contribution in [3.63, 3.8) is 0 Å². The number of benzene rings is 1. The molecular formula is C12H11Br2NO4. The first-order chi connectivity index (χ1) is 8.99. The standard InChI is InChI=1S/C12H11Br2NO4/c13-8-3-4-10(9(14)6-8)19-7-11(16)15-5-1-2-12(17)18/h1-4,6H,5,7H2,(H,15,16)(H,17,18)/b2-1+. The fraction of sp³-hybridized carbons (Fsp3) is 0.167. The highest BCUT2D eigenvalue weighted by atomic mass is 79.9. The summed E-state index contributed by atoms with van der Waals surface area (Å²) in [5.74, 6) is -0.825. The van der Waals surface area contributed by atoms with Crippen molar-refractivity contribution < 1.29 is 19.4 Å². The highest BCUT2D eigenvalue weighted by Crippen LogP contribution is 2.27. The third kappa shape index (κ3) is 6.40. The van der Waals surface area contributed by atoms with Crippen molar-refractivity contribution in [2.24, 2.45) is 0 Å². The Kier molecular flexibility index (Phi) is 6.58. The molecule has 0 spiro atoms. The van der Waals surface area contributed by atoms with Gasteiger partial charge < -0.3 is 15.2 Å². The molecule has 19 heavy (non-hydrogen) atoms. The van der Waals surface area contributed by atoms with E-state index in [1.54, 1.807) is 12.1 Å². The number of aliphatic carboxylic acids is 1. The molecule has 0 saturated heterocycles. The van der Waals surface area contributed by atoms with E-state index >= 15 is 0 Å². The summed E-state index contributed by atoms with van der Waals surface area (Å²) in [6.45, 7) is 0.0111. The predicted octanol–water partition coefficient (Wildman–Crippen LogP) is 2.35. The number of carbonyl (C=O) groups is 2. The molecule has 0 fully saturated rings. The molecule has 5 nitrogen and oxygen atoms in total. The molecule has 0 aromatic heterocycles. The van der Waals surface area contributed by atoms with E-state index in [2.05, 4.69) is 37.2 Å². The van der Waals surface area contributed by atoms with E-state index < -0.39 is 5.97 Å². The fourth-order valence-corrected chi connectivity index (χ4v) is 2.28. The number of carboxylic acids is 1. The number of halogens is 2. The normalized spacial score (nSPS) is 10.4. The molecule has 1 amide bonds.